The number of pyridine rings is 1. The summed E-state index contributed by atoms with van der Waals surface area (Å²) in [6.07, 6.45) is 3.53. The maximum atomic E-state index is 12.7. The first-order chi connectivity index (χ1) is 12.2. The number of anilines is 2. The molecule has 0 radical (unpaired) electrons. The summed E-state index contributed by atoms with van der Waals surface area (Å²) in [6, 6.07) is 10.8. The van der Waals surface area contributed by atoms with E-state index in [-0.39, 0.29) is 5.91 Å². The number of aromatic nitrogens is 1. The van der Waals surface area contributed by atoms with Crippen LogP contribution >= 0.6 is 0 Å². The van der Waals surface area contributed by atoms with Crippen molar-refractivity contribution in [2.24, 2.45) is 0 Å². The van der Waals surface area contributed by atoms with E-state index < -0.39 is 12.1 Å². The van der Waals surface area contributed by atoms with Crippen LogP contribution < -0.4 is 10.2 Å². The summed E-state index contributed by atoms with van der Waals surface area (Å²) < 4.78 is 5.33. The first-order valence-corrected chi connectivity index (χ1v) is 8.52. The highest BCUT2D eigenvalue weighted by molar-refractivity contribution is 6.01. The van der Waals surface area contributed by atoms with Crippen molar-refractivity contribution in [2.45, 2.75) is 25.4 Å². The lowest BCUT2D eigenvalue weighted by atomic mass is 9.98. The van der Waals surface area contributed by atoms with Gasteiger partial charge in [-0.3, -0.25) is 4.79 Å². The van der Waals surface area contributed by atoms with Crippen LogP contribution in [0.5, 0.6) is 0 Å². The molecule has 0 spiro atoms. The largest absolute Gasteiger partial charge is 0.448 e. The van der Waals surface area contributed by atoms with Crippen LogP contribution in [0.3, 0.4) is 0 Å². The molecule has 3 heterocycles. The van der Waals surface area contributed by atoms with Crippen molar-refractivity contribution in [3.05, 3.63) is 53.7 Å². The van der Waals surface area contributed by atoms with Crippen LogP contribution in [0.4, 0.5) is 11.5 Å². The maximum Gasteiger partial charge on any atom is 0.339 e. The molecule has 4 rings (SSSR count). The molecule has 128 valence electrons. The Hall–Kier alpha value is -2.89. The van der Waals surface area contributed by atoms with E-state index in [0.717, 1.165) is 37.3 Å². The van der Waals surface area contributed by atoms with E-state index in [1.807, 2.05) is 18.2 Å². The van der Waals surface area contributed by atoms with E-state index in [1.54, 1.807) is 24.4 Å². The van der Waals surface area contributed by atoms with Crippen molar-refractivity contribution in [1.82, 2.24) is 4.98 Å². The van der Waals surface area contributed by atoms with Gasteiger partial charge in [-0.15, -0.1) is 0 Å². The van der Waals surface area contributed by atoms with Gasteiger partial charge in [-0.2, -0.15) is 0 Å². The number of fused-ring (bicyclic) bond motifs is 1. The third kappa shape index (κ3) is 3.07. The lowest BCUT2D eigenvalue weighted by Gasteiger charge is -2.25. The average Bonchev–Trinajstić information content (AvgIpc) is 3.16. The van der Waals surface area contributed by atoms with Crippen molar-refractivity contribution < 1.29 is 14.3 Å². The first-order valence-electron chi connectivity index (χ1n) is 8.52. The zero-order valence-corrected chi connectivity index (χ0v) is 13.8. The molecule has 1 fully saturated rings. The Bertz CT molecular complexity index is 815. The van der Waals surface area contributed by atoms with Crippen LogP contribution in [-0.4, -0.2) is 36.1 Å². The maximum absolute atomic E-state index is 12.7. The summed E-state index contributed by atoms with van der Waals surface area (Å²) in [5, 5.41) is 2.89. The topological polar surface area (TPSA) is 71.5 Å². The highest BCUT2D eigenvalue weighted by Gasteiger charge is 2.31. The highest BCUT2D eigenvalue weighted by atomic mass is 16.5. The molecular weight excluding hydrogens is 318 g/mol. The Kier molecular flexibility index (Phi) is 4.09. The second-order valence-electron chi connectivity index (χ2n) is 6.31. The molecule has 1 aromatic heterocycles. The second-order valence-corrected chi connectivity index (χ2v) is 6.31. The van der Waals surface area contributed by atoms with Crippen LogP contribution in [-0.2, 0) is 16.0 Å². The fourth-order valence-corrected chi connectivity index (χ4v) is 3.37. The Balaban J connectivity index is 1.53. The molecule has 1 N–H and O–H groups in total. The Labute approximate surface area is 145 Å². The SMILES string of the molecule is O=C1O[C@@H](C(=O)Nc2cccnc2N2CCCC2)Cc2ccccc21. The average molecular weight is 337 g/mol. The van der Waals surface area contributed by atoms with E-state index in [4.69, 9.17) is 4.74 Å². The van der Waals surface area contributed by atoms with E-state index >= 15 is 0 Å². The number of nitrogens with zero attached hydrogens (tertiary/aromatic N) is 2. The monoisotopic (exact) mass is 337 g/mol. The van der Waals surface area contributed by atoms with Crippen LogP contribution in [0.15, 0.2) is 42.6 Å². The molecule has 0 bridgehead atoms. The smallest absolute Gasteiger partial charge is 0.339 e. The number of esters is 1. The third-order valence-corrected chi connectivity index (χ3v) is 4.63. The Morgan fingerprint density at radius 2 is 1.96 bits per heavy atom. The van der Waals surface area contributed by atoms with Gasteiger partial charge in [-0.25, -0.2) is 9.78 Å². The predicted molar refractivity (Wildman–Crippen MR) is 93.7 cm³/mol. The van der Waals surface area contributed by atoms with E-state index in [2.05, 4.69) is 15.2 Å². The molecule has 1 amide bonds. The number of cyclic esters (lactones) is 1. The predicted octanol–water partition coefficient (Wildman–Crippen LogP) is 2.40. The van der Waals surface area contributed by atoms with Crippen LogP contribution in [0.25, 0.3) is 0 Å². The third-order valence-electron chi connectivity index (χ3n) is 4.63. The van der Waals surface area contributed by atoms with Gasteiger partial charge in [0.05, 0.1) is 11.3 Å². The minimum absolute atomic E-state index is 0.323. The summed E-state index contributed by atoms with van der Waals surface area (Å²) in [4.78, 5) is 31.3. The molecule has 25 heavy (non-hydrogen) atoms. The first kappa shape index (κ1) is 15.6. The van der Waals surface area contributed by atoms with Crippen molar-refractivity contribution in [3.63, 3.8) is 0 Å². The molecule has 0 unspecified atom stereocenters. The summed E-state index contributed by atoms with van der Waals surface area (Å²) in [6.45, 7) is 1.87. The normalized spacial score (nSPS) is 19.3. The second kappa shape index (κ2) is 6.55. The van der Waals surface area contributed by atoms with Gasteiger partial charge in [0.25, 0.3) is 5.91 Å². The molecule has 1 saturated heterocycles. The van der Waals surface area contributed by atoms with E-state index in [1.165, 1.54) is 0 Å². The van der Waals surface area contributed by atoms with Crippen molar-refractivity contribution in [3.8, 4) is 0 Å². The number of benzene rings is 1. The minimum atomic E-state index is -0.825. The molecule has 0 saturated carbocycles. The van der Waals surface area contributed by atoms with Crippen LogP contribution in [0, 0.1) is 0 Å². The summed E-state index contributed by atoms with van der Waals surface area (Å²) in [5.74, 6) is 0.000129. The molecule has 0 aliphatic carbocycles. The summed E-state index contributed by atoms with van der Waals surface area (Å²) in [5.41, 5.74) is 2.03. The number of ether oxygens (including phenoxy) is 1. The number of carbonyl (C=O) groups excluding carboxylic acids is 2. The Morgan fingerprint density at radius 3 is 2.80 bits per heavy atom. The van der Waals surface area contributed by atoms with Crippen molar-refractivity contribution in [2.75, 3.05) is 23.3 Å². The Morgan fingerprint density at radius 1 is 1.16 bits per heavy atom. The van der Waals surface area contributed by atoms with Gasteiger partial charge in [-0.05, 0) is 36.6 Å². The number of nitrogens with one attached hydrogen (secondary N) is 1. The molecule has 6 heteroatoms. The number of hydrogen-bond donors (Lipinski definition) is 1. The quantitative estimate of drug-likeness (QED) is 0.871. The van der Waals surface area contributed by atoms with Gasteiger partial charge in [0, 0.05) is 25.7 Å². The lowest BCUT2D eigenvalue weighted by molar-refractivity contribution is -0.125. The van der Waals surface area contributed by atoms with Gasteiger partial charge in [0.1, 0.15) is 0 Å². The summed E-state index contributed by atoms with van der Waals surface area (Å²) in [7, 11) is 0. The standard InChI is InChI=1S/C19H19N3O3/c23-18(16-12-13-6-1-2-7-14(13)19(24)25-16)21-15-8-5-9-20-17(15)22-10-3-4-11-22/h1-2,5-9,16H,3-4,10-12H2,(H,21,23)/t16-/m1/s1. The number of hydrogen-bond acceptors (Lipinski definition) is 5. The van der Waals surface area contributed by atoms with Gasteiger partial charge >= 0.3 is 5.97 Å². The molecule has 2 aliphatic heterocycles. The summed E-state index contributed by atoms with van der Waals surface area (Å²) >= 11 is 0. The molecule has 2 aliphatic rings. The van der Waals surface area contributed by atoms with Crippen molar-refractivity contribution in [1.29, 1.82) is 0 Å². The van der Waals surface area contributed by atoms with E-state index in [0.29, 0.717) is 17.7 Å². The van der Waals surface area contributed by atoms with Gasteiger partial charge in [-0.1, -0.05) is 18.2 Å². The number of amides is 1. The van der Waals surface area contributed by atoms with Crippen molar-refractivity contribution >= 4 is 23.4 Å². The minimum Gasteiger partial charge on any atom is -0.448 e. The van der Waals surface area contributed by atoms with Crippen LogP contribution in [0.2, 0.25) is 0 Å². The zero-order chi connectivity index (χ0) is 17.2. The van der Waals surface area contributed by atoms with Crippen LogP contribution in [0.1, 0.15) is 28.8 Å². The molecule has 6 nitrogen and oxygen atoms in total. The molecular formula is C19H19N3O3. The number of rotatable bonds is 3. The van der Waals surface area contributed by atoms with Gasteiger partial charge < -0.3 is 15.0 Å². The van der Waals surface area contributed by atoms with Gasteiger partial charge in [0.2, 0.25) is 0 Å². The lowest BCUT2D eigenvalue weighted by Crippen LogP contribution is -2.38. The van der Waals surface area contributed by atoms with E-state index in [9.17, 15) is 9.59 Å². The zero-order valence-electron chi connectivity index (χ0n) is 13.8. The molecule has 1 aromatic carbocycles. The fourth-order valence-electron chi connectivity index (χ4n) is 3.37. The van der Waals surface area contributed by atoms with Gasteiger partial charge in [0.15, 0.2) is 11.9 Å². The number of carbonyl (C=O) groups is 2. The molecule has 1 atom stereocenters. The fraction of sp³-hybridized carbons (Fsp3) is 0.316. The highest BCUT2D eigenvalue weighted by Crippen LogP contribution is 2.27. The molecule has 2 aromatic rings.